The predicted octanol–water partition coefficient (Wildman–Crippen LogP) is 2.85. The van der Waals surface area contributed by atoms with Crippen molar-refractivity contribution in [3.8, 4) is 0 Å². The summed E-state index contributed by atoms with van der Waals surface area (Å²) in [6.07, 6.45) is 0. The fraction of sp³-hybridized carbons (Fsp3) is 0.462. The van der Waals surface area contributed by atoms with E-state index in [1.165, 1.54) is 11.1 Å². The van der Waals surface area contributed by atoms with E-state index >= 15 is 0 Å². The smallest absolute Gasteiger partial charge is 0.224 e. The van der Waals surface area contributed by atoms with E-state index in [0.717, 1.165) is 5.69 Å². The van der Waals surface area contributed by atoms with E-state index < -0.39 is 0 Å². The summed E-state index contributed by atoms with van der Waals surface area (Å²) < 4.78 is 0. The third kappa shape index (κ3) is 1.44. The minimum Gasteiger partial charge on any atom is -0.309 e. The van der Waals surface area contributed by atoms with Crippen molar-refractivity contribution in [3.63, 3.8) is 0 Å². The third-order valence-corrected chi connectivity index (χ3v) is 3.40. The van der Waals surface area contributed by atoms with Gasteiger partial charge in [-0.05, 0) is 25.5 Å². The zero-order chi connectivity index (χ0) is 11.2. The lowest BCUT2D eigenvalue weighted by atomic mass is 9.97. The van der Waals surface area contributed by atoms with Gasteiger partial charge in [-0.15, -0.1) is 0 Å². The van der Waals surface area contributed by atoms with E-state index in [4.69, 9.17) is 0 Å². The highest BCUT2D eigenvalue weighted by Gasteiger charge is 2.34. The highest BCUT2D eigenvalue weighted by Crippen LogP contribution is 2.40. The van der Waals surface area contributed by atoms with Gasteiger partial charge in [0.15, 0.2) is 0 Å². The second-order valence-electron chi connectivity index (χ2n) is 4.48. The molecule has 0 N–H and O–H groups in total. The monoisotopic (exact) mass is 203 g/mol. The summed E-state index contributed by atoms with van der Waals surface area (Å²) in [5, 5.41) is 0. The van der Waals surface area contributed by atoms with E-state index in [9.17, 15) is 4.79 Å². The van der Waals surface area contributed by atoms with Crippen molar-refractivity contribution < 1.29 is 4.79 Å². The zero-order valence-electron chi connectivity index (χ0n) is 9.74. The largest absolute Gasteiger partial charge is 0.309 e. The van der Waals surface area contributed by atoms with Gasteiger partial charge in [0, 0.05) is 24.6 Å². The Morgan fingerprint density at radius 1 is 1.33 bits per heavy atom. The molecule has 1 aliphatic heterocycles. The van der Waals surface area contributed by atoms with Gasteiger partial charge in [0.2, 0.25) is 5.91 Å². The summed E-state index contributed by atoms with van der Waals surface area (Å²) in [5.74, 6) is 0.570. The topological polar surface area (TPSA) is 20.3 Å². The van der Waals surface area contributed by atoms with Gasteiger partial charge in [0.1, 0.15) is 0 Å². The molecule has 0 saturated carbocycles. The lowest BCUT2D eigenvalue weighted by Crippen LogP contribution is -2.34. The molecular formula is C13H17NO. The molecule has 1 aliphatic rings. The maximum atomic E-state index is 11.6. The summed E-state index contributed by atoms with van der Waals surface area (Å²) in [6, 6.07) is 6.60. The molecule has 1 aromatic rings. The van der Waals surface area contributed by atoms with Crippen LogP contribution in [0.5, 0.6) is 0 Å². The molecule has 1 amide bonds. The van der Waals surface area contributed by atoms with Crippen molar-refractivity contribution in [2.75, 3.05) is 4.90 Å². The first kappa shape index (κ1) is 10.2. The first-order valence-corrected chi connectivity index (χ1v) is 5.42. The van der Waals surface area contributed by atoms with Gasteiger partial charge in [-0.2, -0.15) is 0 Å². The quantitative estimate of drug-likeness (QED) is 0.635. The summed E-state index contributed by atoms with van der Waals surface area (Å²) in [6.45, 7) is 8.03. The average Bonchev–Trinajstić information content (AvgIpc) is 2.41. The number of aryl methyl sites for hydroxylation is 1. The van der Waals surface area contributed by atoms with Gasteiger partial charge in [0.05, 0.1) is 0 Å². The summed E-state index contributed by atoms with van der Waals surface area (Å²) >= 11 is 0. The fourth-order valence-electron chi connectivity index (χ4n) is 2.42. The second kappa shape index (κ2) is 3.37. The maximum Gasteiger partial charge on any atom is 0.224 e. The average molecular weight is 203 g/mol. The standard InChI is InChI=1S/C13H17NO/c1-8-5-6-13-12(7-8)9(2)10(3)14(13)11(4)15/h5-7,9-10H,1-4H3/t9-,10-/m0/s1. The van der Waals surface area contributed by atoms with E-state index in [1.807, 2.05) is 4.90 Å². The minimum absolute atomic E-state index is 0.136. The lowest BCUT2D eigenvalue weighted by Gasteiger charge is -2.22. The molecule has 0 radical (unpaired) electrons. The number of amides is 1. The normalized spacial score (nSPS) is 24.1. The van der Waals surface area contributed by atoms with E-state index in [0.29, 0.717) is 5.92 Å². The highest BCUT2D eigenvalue weighted by atomic mass is 16.2. The van der Waals surface area contributed by atoms with Crippen LogP contribution in [0.1, 0.15) is 37.8 Å². The van der Waals surface area contributed by atoms with Gasteiger partial charge >= 0.3 is 0 Å². The molecule has 2 nitrogen and oxygen atoms in total. The molecule has 15 heavy (non-hydrogen) atoms. The Morgan fingerprint density at radius 2 is 2.00 bits per heavy atom. The van der Waals surface area contributed by atoms with Gasteiger partial charge in [0.25, 0.3) is 0 Å². The van der Waals surface area contributed by atoms with Crippen molar-refractivity contribution in [2.45, 2.75) is 39.7 Å². The van der Waals surface area contributed by atoms with Crippen molar-refractivity contribution in [1.82, 2.24) is 0 Å². The van der Waals surface area contributed by atoms with Crippen LogP contribution in [0, 0.1) is 6.92 Å². The van der Waals surface area contributed by atoms with Crippen molar-refractivity contribution >= 4 is 11.6 Å². The SMILES string of the molecule is CC(=O)N1c2ccc(C)cc2[C@@H](C)[C@@H]1C. The molecule has 0 fully saturated rings. The molecule has 0 bridgehead atoms. The molecule has 2 atom stereocenters. The third-order valence-electron chi connectivity index (χ3n) is 3.40. The number of anilines is 1. The summed E-state index contributed by atoms with van der Waals surface area (Å²) in [4.78, 5) is 13.5. The molecule has 0 aromatic heterocycles. The number of fused-ring (bicyclic) bond motifs is 1. The molecule has 2 rings (SSSR count). The van der Waals surface area contributed by atoms with Crippen LogP contribution >= 0.6 is 0 Å². The van der Waals surface area contributed by atoms with Crippen LogP contribution in [0.2, 0.25) is 0 Å². The molecule has 2 heteroatoms. The van der Waals surface area contributed by atoms with E-state index in [1.54, 1.807) is 6.92 Å². The summed E-state index contributed by atoms with van der Waals surface area (Å²) in [5.41, 5.74) is 3.66. The number of benzene rings is 1. The van der Waals surface area contributed by atoms with Crippen LogP contribution in [-0.4, -0.2) is 11.9 Å². The van der Waals surface area contributed by atoms with Crippen LogP contribution in [0.25, 0.3) is 0 Å². The van der Waals surface area contributed by atoms with E-state index in [2.05, 4.69) is 39.0 Å². The number of rotatable bonds is 0. The van der Waals surface area contributed by atoms with Crippen molar-refractivity contribution in [2.24, 2.45) is 0 Å². The van der Waals surface area contributed by atoms with Crippen LogP contribution < -0.4 is 4.90 Å². The molecule has 0 unspecified atom stereocenters. The Labute approximate surface area is 90.9 Å². The highest BCUT2D eigenvalue weighted by molar-refractivity contribution is 5.95. The fourth-order valence-corrected chi connectivity index (χ4v) is 2.42. The predicted molar refractivity (Wildman–Crippen MR) is 62.2 cm³/mol. The molecule has 0 spiro atoms. The first-order valence-electron chi connectivity index (χ1n) is 5.42. The van der Waals surface area contributed by atoms with Gasteiger partial charge < -0.3 is 4.90 Å². The van der Waals surface area contributed by atoms with Crippen LogP contribution in [0.3, 0.4) is 0 Å². The molecular weight excluding hydrogens is 186 g/mol. The van der Waals surface area contributed by atoms with Crippen LogP contribution in [0.4, 0.5) is 5.69 Å². The number of carbonyl (C=O) groups is 1. The van der Waals surface area contributed by atoms with Crippen LogP contribution in [0.15, 0.2) is 18.2 Å². The molecule has 0 saturated heterocycles. The van der Waals surface area contributed by atoms with Gasteiger partial charge in [-0.3, -0.25) is 4.79 Å². The van der Waals surface area contributed by atoms with Gasteiger partial charge in [-0.25, -0.2) is 0 Å². The minimum atomic E-state index is 0.136. The lowest BCUT2D eigenvalue weighted by molar-refractivity contribution is -0.116. The zero-order valence-corrected chi connectivity index (χ0v) is 9.74. The number of nitrogens with zero attached hydrogens (tertiary/aromatic N) is 1. The first-order chi connectivity index (χ1) is 7.02. The number of hydrogen-bond acceptors (Lipinski definition) is 1. The summed E-state index contributed by atoms with van der Waals surface area (Å²) in [7, 11) is 0. The Bertz CT molecular complexity index is 411. The van der Waals surface area contributed by atoms with Gasteiger partial charge in [-0.1, -0.05) is 24.6 Å². The Morgan fingerprint density at radius 3 is 2.60 bits per heavy atom. The molecule has 0 aliphatic carbocycles. The Hall–Kier alpha value is -1.31. The molecule has 80 valence electrons. The number of hydrogen-bond donors (Lipinski definition) is 0. The van der Waals surface area contributed by atoms with Crippen molar-refractivity contribution in [3.05, 3.63) is 29.3 Å². The van der Waals surface area contributed by atoms with E-state index in [-0.39, 0.29) is 11.9 Å². The Balaban J connectivity index is 2.55. The number of carbonyl (C=O) groups excluding carboxylic acids is 1. The maximum absolute atomic E-state index is 11.6. The Kier molecular flexibility index (Phi) is 2.29. The molecule has 1 aromatic carbocycles. The van der Waals surface area contributed by atoms with Crippen molar-refractivity contribution in [1.29, 1.82) is 0 Å². The molecule has 1 heterocycles. The van der Waals surface area contributed by atoms with Crippen LogP contribution in [-0.2, 0) is 4.79 Å². The second-order valence-corrected chi connectivity index (χ2v) is 4.48.